The van der Waals surface area contributed by atoms with Gasteiger partial charge in [0, 0.05) is 23.3 Å². The summed E-state index contributed by atoms with van der Waals surface area (Å²) in [5, 5.41) is 0. The van der Waals surface area contributed by atoms with Gasteiger partial charge in [-0.25, -0.2) is 17.6 Å². The van der Waals surface area contributed by atoms with Crippen molar-refractivity contribution in [3.8, 4) is 22.5 Å². The third-order valence-electron chi connectivity index (χ3n) is 5.73. The molecule has 3 aromatic rings. The van der Waals surface area contributed by atoms with Gasteiger partial charge in [0.2, 0.25) is 0 Å². The number of nitrogens with one attached hydrogen (secondary N) is 1. The molecule has 0 amide bonds. The molecular weight excluding hydrogens is 342 g/mol. The summed E-state index contributed by atoms with van der Waals surface area (Å²) in [6, 6.07) is 6.97. The molecule has 0 radical (unpaired) electrons. The van der Waals surface area contributed by atoms with Crippen LogP contribution in [0.2, 0.25) is 0 Å². The molecule has 5 heteroatoms. The highest BCUT2D eigenvalue weighted by Gasteiger charge is 2.42. The van der Waals surface area contributed by atoms with Crippen LogP contribution in [-0.2, 0) is 0 Å². The predicted octanol–water partition coefficient (Wildman–Crippen LogP) is 6.27. The molecule has 1 N–H and O–H groups in total. The third-order valence-corrected chi connectivity index (χ3v) is 5.73. The van der Waals surface area contributed by atoms with Crippen LogP contribution in [0.3, 0.4) is 0 Å². The van der Waals surface area contributed by atoms with Gasteiger partial charge in [0.1, 0.15) is 23.3 Å². The molecular formula is C21H15F4N. The number of H-pyrrole nitrogens is 1. The van der Waals surface area contributed by atoms with Crippen LogP contribution < -0.4 is 0 Å². The Morgan fingerprint density at radius 3 is 1.58 bits per heavy atom. The van der Waals surface area contributed by atoms with Crippen molar-refractivity contribution in [3.05, 3.63) is 70.8 Å². The summed E-state index contributed by atoms with van der Waals surface area (Å²) >= 11 is 0. The van der Waals surface area contributed by atoms with Crippen molar-refractivity contribution in [2.24, 2.45) is 0 Å². The summed E-state index contributed by atoms with van der Waals surface area (Å²) < 4.78 is 55.4. The number of rotatable bonds is 2. The second-order valence-corrected chi connectivity index (χ2v) is 7.16. The fraction of sp³-hybridized carbons (Fsp3) is 0.238. The maximum atomic E-state index is 14.4. The van der Waals surface area contributed by atoms with E-state index in [1.165, 1.54) is 24.3 Å². The Balaban J connectivity index is 1.77. The number of aromatic amines is 1. The number of hydrogen-bond acceptors (Lipinski definition) is 0. The highest BCUT2D eigenvalue weighted by molar-refractivity contribution is 5.79. The summed E-state index contributed by atoms with van der Waals surface area (Å²) in [5.74, 6) is -1.99. The first-order chi connectivity index (χ1) is 12.5. The van der Waals surface area contributed by atoms with Crippen LogP contribution in [0.5, 0.6) is 0 Å². The monoisotopic (exact) mass is 357 g/mol. The summed E-state index contributed by atoms with van der Waals surface area (Å²) in [7, 11) is 0. The van der Waals surface area contributed by atoms with E-state index in [-0.39, 0.29) is 11.1 Å². The molecule has 5 rings (SSSR count). The van der Waals surface area contributed by atoms with Gasteiger partial charge in [-0.2, -0.15) is 0 Å². The van der Waals surface area contributed by atoms with Crippen LogP contribution in [0.25, 0.3) is 22.5 Å². The van der Waals surface area contributed by atoms with Crippen LogP contribution in [0.1, 0.15) is 42.2 Å². The first-order valence-corrected chi connectivity index (χ1v) is 8.69. The summed E-state index contributed by atoms with van der Waals surface area (Å²) in [6.45, 7) is 0. The molecule has 1 fully saturated rings. The zero-order valence-electron chi connectivity index (χ0n) is 13.8. The zero-order chi connectivity index (χ0) is 18.0. The van der Waals surface area contributed by atoms with Gasteiger partial charge in [-0.05, 0) is 66.5 Å². The SMILES string of the molecule is Fc1ccc(-c2[nH]c(-c3ccc(F)cc3F)c3c2C2CCC3C2)c(F)c1. The van der Waals surface area contributed by atoms with Crippen LogP contribution in [0.4, 0.5) is 17.6 Å². The molecule has 2 atom stereocenters. The molecule has 2 bridgehead atoms. The number of fused-ring (bicyclic) bond motifs is 5. The van der Waals surface area contributed by atoms with Crippen molar-refractivity contribution in [1.82, 2.24) is 4.98 Å². The first-order valence-electron chi connectivity index (χ1n) is 8.69. The number of halogens is 4. The van der Waals surface area contributed by atoms with Gasteiger partial charge in [0.05, 0.1) is 11.4 Å². The minimum atomic E-state index is -0.650. The van der Waals surface area contributed by atoms with Crippen LogP contribution in [0.15, 0.2) is 36.4 Å². The lowest BCUT2D eigenvalue weighted by atomic mass is 9.89. The maximum Gasteiger partial charge on any atom is 0.135 e. The molecule has 2 aliphatic rings. The molecule has 0 saturated heterocycles. The lowest BCUT2D eigenvalue weighted by Gasteiger charge is -2.14. The molecule has 132 valence electrons. The van der Waals surface area contributed by atoms with Gasteiger partial charge in [-0.15, -0.1) is 0 Å². The molecule has 1 heterocycles. The summed E-state index contributed by atoms with van der Waals surface area (Å²) in [4.78, 5) is 3.18. The molecule has 0 spiro atoms. The highest BCUT2D eigenvalue weighted by Crippen LogP contribution is 2.58. The predicted molar refractivity (Wildman–Crippen MR) is 90.8 cm³/mol. The highest BCUT2D eigenvalue weighted by atomic mass is 19.1. The van der Waals surface area contributed by atoms with Gasteiger partial charge in [-0.1, -0.05) is 0 Å². The van der Waals surface area contributed by atoms with E-state index in [2.05, 4.69) is 4.98 Å². The lowest BCUT2D eigenvalue weighted by Crippen LogP contribution is -1.98. The van der Waals surface area contributed by atoms with Gasteiger partial charge in [-0.3, -0.25) is 0 Å². The van der Waals surface area contributed by atoms with Crippen molar-refractivity contribution in [2.75, 3.05) is 0 Å². The van der Waals surface area contributed by atoms with Gasteiger partial charge in [0.25, 0.3) is 0 Å². The molecule has 1 saturated carbocycles. The fourth-order valence-corrected chi connectivity index (χ4v) is 4.69. The molecule has 1 aromatic heterocycles. The molecule has 2 unspecified atom stereocenters. The molecule has 1 nitrogen and oxygen atoms in total. The Morgan fingerprint density at radius 2 is 1.15 bits per heavy atom. The Hall–Kier alpha value is -2.56. The van der Waals surface area contributed by atoms with Crippen molar-refractivity contribution in [1.29, 1.82) is 0 Å². The van der Waals surface area contributed by atoms with Crippen LogP contribution >= 0.6 is 0 Å². The first kappa shape index (κ1) is 15.7. The quantitative estimate of drug-likeness (QED) is 0.520. The molecule has 2 aliphatic carbocycles. The van der Waals surface area contributed by atoms with E-state index in [0.29, 0.717) is 23.2 Å². The molecule has 2 aromatic carbocycles. The maximum absolute atomic E-state index is 14.4. The van der Waals surface area contributed by atoms with E-state index in [9.17, 15) is 17.6 Å². The van der Waals surface area contributed by atoms with E-state index in [4.69, 9.17) is 0 Å². The second-order valence-electron chi connectivity index (χ2n) is 7.16. The molecule has 0 aliphatic heterocycles. The largest absolute Gasteiger partial charge is 0.354 e. The minimum absolute atomic E-state index is 0.281. The average Bonchev–Trinajstić information content (AvgIpc) is 3.27. The standard InChI is InChI=1S/C21H15F4N/c22-12-3-5-14(16(24)8-12)20-18-10-1-2-11(7-10)19(18)21(26-20)15-6-4-13(23)9-17(15)25/h3-6,8-11,26H,1-2,7H2. The third kappa shape index (κ3) is 2.16. The van der Waals surface area contributed by atoms with Crippen molar-refractivity contribution < 1.29 is 17.6 Å². The van der Waals surface area contributed by atoms with Crippen molar-refractivity contribution in [3.63, 3.8) is 0 Å². The Kier molecular flexibility index (Phi) is 3.30. The van der Waals surface area contributed by atoms with E-state index < -0.39 is 23.3 Å². The summed E-state index contributed by atoms with van der Waals surface area (Å²) in [6.07, 6.45) is 2.98. The van der Waals surface area contributed by atoms with E-state index >= 15 is 0 Å². The van der Waals surface area contributed by atoms with Gasteiger partial charge >= 0.3 is 0 Å². The van der Waals surface area contributed by atoms with Gasteiger partial charge < -0.3 is 4.98 Å². The lowest BCUT2D eigenvalue weighted by molar-refractivity contribution is 0.584. The summed E-state index contributed by atoms with van der Waals surface area (Å²) in [5.41, 5.74) is 3.75. The number of aromatic nitrogens is 1. The Morgan fingerprint density at radius 1 is 0.692 bits per heavy atom. The van der Waals surface area contributed by atoms with E-state index in [0.717, 1.165) is 42.5 Å². The average molecular weight is 357 g/mol. The smallest absolute Gasteiger partial charge is 0.135 e. The normalized spacial score (nSPS) is 20.6. The Bertz CT molecular complexity index is 957. The minimum Gasteiger partial charge on any atom is -0.354 e. The fourth-order valence-electron chi connectivity index (χ4n) is 4.69. The van der Waals surface area contributed by atoms with Crippen LogP contribution in [0, 0.1) is 23.3 Å². The number of hydrogen-bond donors (Lipinski definition) is 1. The Labute approximate surface area is 147 Å². The number of benzene rings is 2. The van der Waals surface area contributed by atoms with Crippen LogP contribution in [-0.4, -0.2) is 4.98 Å². The van der Waals surface area contributed by atoms with Crippen molar-refractivity contribution in [2.45, 2.75) is 31.1 Å². The second kappa shape index (κ2) is 5.47. The molecule has 26 heavy (non-hydrogen) atoms. The topological polar surface area (TPSA) is 15.8 Å². The van der Waals surface area contributed by atoms with E-state index in [1.807, 2.05) is 0 Å². The van der Waals surface area contributed by atoms with Gasteiger partial charge in [0.15, 0.2) is 0 Å². The van der Waals surface area contributed by atoms with Crippen molar-refractivity contribution >= 4 is 0 Å². The van der Waals surface area contributed by atoms with E-state index in [1.54, 1.807) is 0 Å². The zero-order valence-corrected chi connectivity index (χ0v) is 13.8.